The lowest BCUT2D eigenvalue weighted by atomic mass is 10.2. The summed E-state index contributed by atoms with van der Waals surface area (Å²) in [5, 5.41) is 0. The smallest absolute Gasteiger partial charge is 0.244 e. The molecule has 0 aromatic heterocycles. The summed E-state index contributed by atoms with van der Waals surface area (Å²) < 4.78 is 11.5. The molecule has 3 nitrogen and oxygen atoms in total. The minimum Gasteiger partial charge on any atom is -0.437 e. The van der Waals surface area contributed by atoms with Crippen molar-refractivity contribution in [1.82, 2.24) is 9.13 Å². The third kappa shape index (κ3) is 11.5. The van der Waals surface area contributed by atoms with Crippen LogP contribution >= 0.6 is 0 Å². The first-order chi connectivity index (χ1) is 10.0. The predicted molar refractivity (Wildman–Crippen MR) is 101 cm³/mol. The average molecular weight is 333 g/mol. The molecular weight excluding hydrogens is 292 g/mol. The number of hydrogen-bond donors (Lipinski definition) is 0. The summed E-state index contributed by atoms with van der Waals surface area (Å²) >= 11 is 0. The van der Waals surface area contributed by atoms with Crippen LogP contribution in [0.2, 0.25) is 12.1 Å². The maximum Gasteiger partial charge on any atom is 0.244 e. The molecule has 0 spiro atoms. The average Bonchev–Trinajstić information content (AvgIpc) is 2.44. The van der Waals surface area contributed by atoms with Crippen LogP contribution in [0.25, 0.3) is 0 Å². The molecule has 0 radical (unpaired) electrons. The first kappa shape index (κ1) is 21.3. The minimum atomic E-state index is -1.17. The normalized spacial score (nSPS) is 14.9. The summed E-state index contributed by atoms with van der Waals surface area (Å²) in [5.74, 6) is 0. The van der Waals surface area contributed by atoms with Gasteiger partial charge < -0.3 is 13.2 Å². The van der Waals surface area contributed by atoms with E-state index in [1.165, 1.54) is 63.5 Å². The van der Waals surface area contributed by atoms with Gasteiger partial charge in [0.2, 0.25) is 18.4 Å². The van der Waals surface area contributed by atoms with Crippen LogP contribution in [0.1, 0.15) is 65.2 Å². The van der Waals surface area contributed by atoms with E-state index in [-0.39, 0.29) is 0 Å². The van der Waals surface area contributed by atoms with E-state index in [1.54, 1.807) is 0 Å². The molecule has 0 N–H and O–H groups in total. The Labute approximate surface area is 137 Å². The highest BCUT2D eigenvalue weighted by atomic mass is 28.4. The molecule has 2 unspecified atom stereocenters. The van der Waals surface area contributed by atoms with Gasteiger partial charge in [-0.15, -0.1) is 0 Å². The van der Waals surface area contributed by atoms with Gasteiger partial charge in [0.15, 0.2) is 0 Å². The summed E-state index contributed by atoms with van der Waals surface area (Å²) in [7, 11) is 6.53. The SMILES string of the molecule is CCCCCC[SiH](O[SiH](CCCCCC)N(C)C)N(C)C. The molecule has 21 heavy (non-hydrogen) atoms. The molecule has 0 fully saturated rings. The van der Waals surface area contributed by atoms with Crippen LogP contribution in [0, 0.1) is 0 Å². The topological polar surface area (TPSA) is 15.7 Å². The quantitative estimate of drug-likeness (QED) is 0.356. The molecule has 0 aliphatic rings. The van der Waals surface area contributed by atoms with E-state index < -0.39 is 18.4 Å². The van der Waals surface area contributed by atoms with Crippen molar-refractivity contribution in [2.45, 2.75) is 77.3 Å². The Morgan fingerprint density at radius 2 is 1.00 bits per heavy atom. The molecule has 0 amide bonds. The van der Waals surface area contributed by atoms with Crippen LogP contribution in [0.3, 0.4) is 0 Å². The molecule has 0 bridgehead atoms. The molecule has 0 aromatic rings. The van der Waals surface area contributed by atoms with E-state index in [2.05, 4.69) is 51.2 Å². The van der Waals surface area contributed by atoms with Crippen LogP contribution < -0.4 is 0 Å². The van der Waals surface area contributed by atoms with Gasteiger partial charge in [-0.1, -0.05) is 65.2 Å². The Bertz CT molecular complexity index is 206. The van der Waals surface area contributed by atoms with Crippen molar-refractivity contribution in [2.24, 2.45) is 0 Å². The maximum atomic E-state index is 6.66. The van der Waals surface area contributed by atoms with Gasteiger partial charge in [-0.2, -0.15) is 0 Å². The van der Waals surface area contributed by atoms with Crippen molar-refractivity contribution < 1.29 is 4.12 Å². The van der Waals surface area contributed by atoms with Crippen molar-refractivity contribution in [1.29, 1.82) is 0 Å². The zero-order valence-corrected chi connectivity index (χ0v) is 17.8. The van der Waals surface area contributed by atoms with Crippen LogP contribution in [0.5, 0.6) is 0 Å². The molecule has 0 saturated heterocycles. The Balaban J connectivity index is 4.19. The van der Waals surface area contributed by atoms with Gasteiger partial charge in [0.1, 0.15) is 0 Å². The highest BCUT2D eigenvalue weighted by Crippen LogP contribution is 2.14. The summed E-state index contributed by atoms with van der Waals surface area (Å²) in [6.07, 6.45) is 10.9. The largest absolute Gasteiger partial charge is 0.437 e. The summed E-state index contributed by atoms with van der Waals surface area (Å²) in [4.78, 5) is 0. The Kier molecular flexibility index (Phi) is 14.1. The zero-order chi connectivity index (χ0) is 16.1. The fourth-order valence-corrected chi connectivity index (χ4v) is 9.36. The second-order valence-corrected chi connectivity index (χ2v) is 12.8. The zero-order valence-electron chi connectivity index (χ0n) is 15.5. The standard InChI is InChI=1S/C16H40N2OSi2/c1-7-9-11-13-15-20(17(3)4)19-21(18(5)6)16-14-12-10-8-2/h20-21H,7-16H2,1-6H3. The van der Waals surface area contributed by atoms with Gasteiger partial charge in [0.25, 0.3) is 0 Å². The number of unbranched alkanes of at least 4 members (excludes halogenated alkanes) is 6. The molecule has 0 aliphatic carbocycles. The summed E-state index contributed by atoms with van der Waals surface area (Å²) in [6.45, 7) is 4.56. The Morgan fingerprint density at radius 3 is 1.29 bits per heavy atom. The van der Waals surface area contributed by atoms with Gasteiger partial charge in [-0.3, -0.25) is 0 Å². The highest BCUT2D eigenvalue weighted by molar-refractivity contribution is 6.63. The summed E-state index contributed by atoms with van der Waals surface area (Å²) in [6, 6.07) is 2.64. The maximum absolute atomic E-state index is 6.66. The van der Waals surface area contributed by atoms with Gasteiger partial charge in [-0.05, 0) is 40.3 Å². The van der Waals surface area contributed by atoms with E-state index in [9.17, 15) is 0 Å². The van der Waals surface area contributed by atoms with Crippen LogP contribution in [0.4, 0.5) is 0 Å². The van der Waals surface area contributed by atoms with Gasteiger partial charge >= 0.3 is 0 Å². The Hall–Kier alpha value is 0.314. The van der Waals surface area contributed by atoms with Crippen LogP contribution in [0.15, 0.2) is 0 Å². The van der Waals surface area contributed by atoms with Gasteiger partial charge in [0, 0.05) is 0 Å². The number of rotatable bonds is 14. The molecule has 0 rings (SSSR count). The molecule has 128 valence electrons. The fourth-order valence-electron chi connectivity index (χ4n) is 2.57. The van der Waals surface area contributed by atoms with Crippen molar-refractivity contribution in [3.05, 3.63) is 0 Å². The lowest BCUT2D eigenvalue weighted by Gasteiger charge is -2.31. The van der Waals surface area contributed by atoms with Crippen molar-refractivity contribution in [2.75, 3.05) is 28.2 Å². The molecule has 0 saturated carbocycles. The second-order valence-electron chi connectivity index (χ2n) is 6.67. The third-order valence-electron chi connectivity index (χ3n) is 4.08. The fraction of sp³-hybridized carbons (Fsp3) is 1.00. The van der Waals surface area contributed by atoms with Crippen molar-refractivity contribution in [3.63, 3.8) is 0 Å². The number of hydrogen-bond acceptors (Lipinski definition) is 3. The van der Waals surface area contributed by atoms with E-state index >= 15 is 0 Å². The molecule has 0 aliphatic heterocycles. The molecule has 5 heteroatoms. The van der Waals surface area contributed by atoms with E-state index in [4.69, 9.17) is 4.12 Å². The molecule has 0 aromatic carbocycles. The molecular formula is C16H40N2OSi2. The van der Waals surface area contributed by atoms with E-state index in [1.807, 2.05) is 0 Å². The van der Waals surface area contributed by atoms with Crippen LogP contribution in [-0.4, -0.2) is 55.7 Å². The monoisotopic (exact) mass is 332 g/mol. The van der Waals surface area contributed by atoms with Crippen molar-refractivity contribution in [3.8, 4) is 0 Å². The first-order valence-corrected chi connectivity index (χ1v) is 12.6. The van der Waals surface area contributed by atoms with E-state index in [0.717, 1.165) is 0 Å². The lowest BCUT2D eigenvalue weighted by Crippen LogP contribution is -2.46. The van der Waals surface area contributed by atoms with Gasteiger partial charge in [0.05, 0.1) is 0 Å². The lowest BCUT2D eigenvalue weighted by molar-refractivity contribution is 0.411. The minimum absolute atomic E-state index is 1.17. The first-order valence-electron chi connectivity index (χ1n) is 9.01. The van der Waals surface area contributed by atoms with Gasteiger partial charge in [-0.25, -0.2) is 0 Å². The number of nitrogens with zero attached hydrogens (tertiary/aromatic N) is 2. The predicted octanol–water partition coefficient (Wildman–Crippen LogP) is 3.73. The summed E-state index contributed by atoms with van der Waals surface area (Å²) in [5.41, 5.74) is 0. The van der Waals surface area contributed by atoms with Crippen LogP contribution in [-0.2, 0) is 4.12 Å². The van der Waals surface area contributed by atoms with E-state index in [0.29, 0.717) is 0 Å². The molecule has 0 heterocycles. The Morgan fingerprint density at radius 1 is 0.619 bits per heavy atom. The van der Waals surface area contributed by atoms with Crippen molar-refractivity contribution >= 4 is 18.4 Å². The third-order valence-corrected chi connectivity index (χ3v) is 10.7. The highest BCUT2D eigenvalue weighted by Gasteiger charge is 2.23. The molecule has 2 atom stereocenters. The second kappa shape index (κ2) is 13.9.